The molecule has 116 valence electrons. The number of hydrogen-bond acceptors (Lipinski definition) is 3. The normalized spacial score (nSPS) is 18.6. The van der Waals surface area contributed by atoms with Crippen LogP contribution in [0.2, 0.25) is 0 Å². The Morgan fingerprint density at radius 3 is 3.00 bits per heavy atom. The number of aryl methyl sites for hydroxylation is 2. The summed E-state index contributed by atoms with van der Waals surface area (Å²) in [5.74, 6) is 0.568. The van der Waals surface area contributed by atoms with E-state index < -0.39 is 6.04 Å². The summed E-state index contributed by atoms with van der Waals surface area (Å²) in [4.78, 5) is 12.0. The molecule has 1 heterocycles. The number of nitrogens with two attached hydrogens (primary N) is 1. The standard InChI is InChI=1S/C17H22N4O/c1-11-10-19-21(16(11)20-17(22)12(2)18)15-9-5-7-13-6-3-4-8-14(13)15/h3-4,6,8,10,12,15H,5,7,9,18H2,1-2H3,(H,20,22)/t12-,15?/m0/s1. The zero-order chi connectivity index (χ0) is 15.7. The van der Waals surface area contributed by atoms with Crippen LogP contribution >= 0.6 is 0 Å². The summed E-state index contributed by atoms with van der Waals surface area (Å²) in [6.45, 7) is 3.64. The minimum absolute atomic E-state index is 0.169. The maximum Gasteiger partial charge on any atom is 0.242 e. The SMILES string of the molecule is Cc1cnn(C2CCCc3ccccc32)c1NC(=O)[C@H](C)N. The first kappa shape index (κ1) is 14.8. The molecule has 0 saturated carbocycles. The number of carbonyl (C=O) groups is 1. The van der Waals surface area contributed by atoms with Crippen LogP contribution in [0.4, 0.5) is 5.82 Å². The van der Waals surface area contributed by atoms with E-state index in [1.165, 1.54) is 11.1 Å². The van der Waals surface area contributed by atoms with Crippen LogP contribution in [0.25, 0.3) is 0 Å². The van der Waals surface area contributed by atoms with Gasteiger partial charge in [-0.3, -0.25) is 4.79 Å². The third-order valence-electron chi connectivity index (χ3n) is 4.27. The van der Waals surface area contributed by atoms with Gasteiger partial charge < -0.3 is 11.1 Å². The molecular weight excluding hydrogens is 276 g/mol. The molecule has 0 fully saturated rings. The van der Waals surface area contributed by atoms with E-state index in [1.807, 2.05) is 11.6 Å². The molecule has 1 aliphatic rings. The van der Waals surface area contributed by atoms with Gasteiger partial charge in [0, 0.05) is 5.56 Å². The highest BCUT2D eigenvalue weighted by molar-refractivity contribution is 5.94. The summed E-state index contributed by atoms with van der Waals surface area (Å²) >= 11 is 0. The van der Waals surface area contributed by atoms with Crippen molar-refractivity contribution < 1.29 is 4.79 Å². The fraction of sp³-hybridized carbons (Fsp3) is 0.412. The Morgan fingerprint density at radius 2 is 2.23 bits per heavy atom. The number of benzene rings is 1. The van der Waals surface area contributed by atoms with E-state index in [1.54, 1.807) is 13.1 Å². The lowest BCUT2D eigenvalue weighted by molar-refractivity contribution is -0.117. The number of aromatic nitrogens is 2. The van der Waals surface area contributed by atoms with Crippen molar-refractivity contribution in [3.63, 3.8) is 0 Å². The third-order valence-corrected chi connectivity index (χ3v) is 4.27. The zero-order valence-corrected chi connectivity index (χ0v) is 13.0. The van der Waals surface area contributed by atoms with Gasteiger partial charge in [-0.1, -0.05) is 24.3 Å². The van der Waals surface area contributed by atoms with E-state index >= 15 is 0 Å². The fourth-order valence-electron chi connectivity index (χ4n) is 3.05. The lowest BCUT2D eigenvalue weighted by atomic mass is 9.88. The number of anilines is 1. The number of amides is 1. The highest BCUT2D eigenvalue weighted by Crippen LogP contribution is 2.35. The van der Waals surface area contributed by atoms with Crippen molar-refractivity contribution >= 4 is 11.7 Å². The van der Waals surface area contributed by atoms with Crippen LogP contribution in [-0.4, -0.2) is 21.7 Å². The van der Waals surface area contributed by atoms with E-state index in [9.17, 15) is 4.79 Å². The molecule has 22 heavy (non-hydrogen) atoms. The van der Waals surface area contributed by atoms with Gasteiger partial charge in [-0.25, -0.2) is 4.68 Å². The molecular formula is C17H22N4O. The molecule has 0 saturated heterocycles. The van der Waals surface area contributed by atoms with Crippen molar-refractivity contribution in [2.24, 2.45) is 5.73 Å². The maximum absolute atomic E-state index is 12.0. The third kappa shape index (κ3) is 2.64. The molecule has 1 aromatic carbocycles. The second kappa shape index (κ2) is 5.93. The van der Waals surface area contributed by atoms with Crippen molar-refractivity contribution in [2.45, 2.75) is 45.2 Å². The maximum atomic E-state index is 12.0. The molecule has 0 spiro atoms. The number of fused-ring (bicyclic) bond motifs is 1. The van der Waals surface area contributed by atoms with Gasteiger partial charge >= 0.3 is 0 Å². The molecule has 2 aromatic rings. The molecule has 1 unspecified atom stereocenters. The fourth-order valence-corrected chi connectivity index (χ4v) is 3.05. The molecule has 0 aliphatic heterocycles. The Balaban J connectivity index is 1.98. The summed E-state index contributed by atoms with van der Waals surface area (Å²) < 4.78 is 1.94. The highest BCUT2D eigenvalue weighted by atomic mass is 16.2. The molecule has 0 bridgehead atoms. The number of nitrogens with zero attached hydrogens (tertiary/aromatic N) is 2. The molecule has 5 nitrogen and oxygen atoms in total. The van der Waals surface area contributed by atoms with Crippen molar-refractivity contribution in [3.8, 4) is 0 Å². The molecule has 3 N–H and O–H groups in total. The van der Waals surface area contributed by atoms with Gasteiger partial charge in [0.2, 0.25) is 5.91 Å². The van der Waals surface area contributed by atoms with Crippen LogP contribution in [0, 0.1) is 6.92 Å². The van der Waals surface area contributed by atoms with E-state index in [0.29, 0.717) is 0 Å². The molecule has 0 radical (unpaired) electrons. The molecule has 1 aromatic heterocycles. The topological polar surface area (TPSA) is 72.9 Å². The van der Waals surface area contributed by atoms with Gasteiger partial charge in [-0.2, -0.15) is 5.10 Å². The lowest BCUT2D eigenvalue weighted by Crippen LogP contribution is -2.34. The summed E-state index contributed by atoms with van der Waals surface area (Å²) in [7, 11) is 0. The van der Waals surface area contributed by atoms with Crippen molar-refractivity contribution in [2.75, 3.05) is 5.32 Å². The van der Waals surface area contributed by atoms with Gasteiger partial charge in [0.25, 0.3) is 0 Å². The first-order valence-electron chi connectivity index (χ1n) is 7.76. The van der Waals surface area contributed by atoms with E-state index in [0.717, 1.165) is 30.6 Å². The quantitative estimate of drug-likeness (QED) is 0.914. The van der Waals surface area contributed by atoms with Crippen molar-refractivity contribution in [3.05, 3.63) is 47.2 Å². The van der Waals surface area contributed by atoms with Gasteiger partial charge in [-0.05, 0) is 44.2 Å². The summed E-state index contributed by atoms with van der Waals surface area (Å²) in [5.41, 5.74) is 9.29. The molecule has 5 heteroatoms. The Hall–Kier alpha value is -2.14. The average Bonchev–Trinajstić information content (AvgIpc) is 2.87. The Kier molecular flexibility index (Phi) is 3.98. The van der Waals surface area contributed by atoms with Crippen LogP contribution in [0.5, 0.6) is 0 Å². The first-order valence-corrected chi connectivity index (χ1v) is 7.76. The minimum atomic E-state index is -0.540. The van der Waals surface area contributed by atoms with Crippen LogP contribution in [0.1, 0.15) is 42.5 Å². The second-order valence-corrected chi connectivity index (χ2v) is 6.01. The van der Waals surface area contributed by atoms with Crippen molar-refractivity contribution in [1.82, 2.24) is 9.78 Å². The van der Waals surface area contributed by atoms with Crippen molar-refractivity contribution in [1.29, 1.82) is 0 Å². The Bertz CT molecular complexity index is 690. The summed E-state index contributed by atoms with van der Waals surface area (Å²) in [5, 5.41) is 7.43. The first-order chi connectivity index (χ1) is 10.6. The number of carbonyl (C=O) groups excluding carboxylic acids is 1. The van der Waals surface area contributed by atoms with E-state index in [4.69, 9.17) is 5.73 Å². The van der Waals surface area contributed by atoms with Crippen LogP contribution in [0.3, 0.4) is 0 Å². The van der Waals surface area contributed by atoms with Gasteiger partial charge in [0.1, 0.15) is 5.82 Å². The lowest BCUT2D eigenvalue weighted by Gasteiger charge is -2.27. The van der Waals surface area contributed by atoms with Gasteiger partial charge in [-0.15, -0.1) is 0 Å². The Labute approximate surface area is 130 Å². The van der Waals surface area contributed by atoms with E-state index in [-0.39, 0.29) is 11.9 Å². The molecule has 3 rings (SSSR count). The van der Waals surface area contributed by atoms with E-state index in [2.05, 4.69) is 34.7 Å². The average molecular weight is 298 g/mol. The van der Waals surface area contributed by atoms with Crippen LogP contribution < -0.4 is 11.1 Å². The predicted octanol–water partition coefficient (Wildman–Crippen LogP) is 2.40. The summed E-state index contributed by atoms with van der Waals surface area (Å²) in [6, 6.07) is 8.11. The van der Waals surface area contributed by atoms with Crippen LogP contribution in [-0.2, 0) is 11.2 Å². The number of nitrogens with one attached hydrogen (secondary N) is 1. The van der Waals surface area contributed by atoms with Crippen LogP contribution in [0.15, 0.2) is 30.5 Å². The molecule has 1 aliphatic carbocycles. The minimum Gasteiger partial charge on any atom is -0.320 e. The highest BCUT2D eigenvalue weighted by Gasteiger charge is 2.25. The molecule has 2 atom stereocenters. The molecule has 1 amide bonds. The zero-order valence-electron chi connectivity index (χ0n) is 13.0. The monoisotopic (exact) mass is 298 g/mol. The predicted molar refractivity (Wildman–Crippen MR) is 86.8 cm³/mol. The number of rotatable bonds is 3. The van der Waals surface area contributed by atoms with Gasteiger partial charge in [0.15, 0.2) is 0 Å². The summed E-state index contributed by atoms with van der Waals surface area (Å²) in [6.07, 6.45) is 5.06. The smallest absolute Gasteiger partial charge is 0.242 e. The van der Waals surface area contributed by atoms with Gasteiger partial charge in [0.05, 0.1) is 18.3 Å². The second-order valence-electron chi connectivity index (χ2n) is 6.01. The Morgan fingerprint density at radius 1 is 1.45 bits per heavy atom. The number of hydrogen-bond donors (Lipinski definition) is 2. The largest absolute Gasteiger partial charge is 0.320 e.